The number of anilines is 1. The minimum absolute atomic E-state index is 0.0159. The van der Waals surface area contributed by atoms with Crippen LogP contribution in [0.2, 0.25) is 0 Å². The van der Waals surface area contributed by atoms with Crippen molar-refractivity contribution in [3.63, 3.8) is 0 Å². The summed E-state index contributed by atoms with van der Waals surface area (Å²) in [7, 11) is 0. The van der Waals surface area contributed by atoms with Gasteiger partial charge in [0, 0.05) is 5.92 Å². The van der Waals surface area contributed by atoms with E-state index in [4.69, 9.17) is 4.74 Å². The number of carbonyl (C=O) groups excluding carboxylic acids is 4. The zero-order chi connectivity index (χ0) is 26.1. The van der Waals surface area contributed by atoms with Crippen molar-refractivity contribution in [1.29, 1.82) is 0 Å². The van der Waals surface area contributed by atoms with Crippen molar-refractivity contribution in [2.45, 2.75) is 32.6 Å². The Labute approximate surface area is 214 Å². The number of ether oxygens (including phenoxy) is 1. The van der Waals surface area contributed by atoms with Gasteiger partial charge in [-0.1, -0.05) is 35.9 Å². The van der Waals surface area contributed by atoms with Crippen molar-refractivity contribution in [3.8, 4) is 11.5 Å². The van der Waals surface area contributed by atoms with E-state index >= 15 is 0 Å². The number of hydrogen-bond donors (Lipinski definition) is 2. The van der Waals surface area contributed by atoms with E-state index in [1.807, 2.05) is 26.0 Å². The van der Waals surface area contributed by atoms with Gasteiger partial charge in [-0.05, 0) is 62.4 Å². The quantitative estimate of drug-likeness (QED) is 0.492. The number of phenolic OH excluding ortho intramolecular Hbond substituents is 1. The van der Waals surface area contributed by atoms with E-state index in [0.717, 1.165) is 11.1 Å². The molecule has 4 amide bonds. The first-order valence-electron chi connectivity index (χ1n) is 12.7. The molecule has 4 aliphatic rings. The molecule has 8 nitrogen and oxygen atoms in total. The lowest BCUT2D eigenvalue weighted by Gasteiger charge is -2.49. The molecule has 2 aromatic rings. The molecule has 2 heterocycles. The van der Waals surface area contributed by atoms with Crippen LogP contribution in [-0.4, -0.2) is 35.3 Å². The predicted molar refractivity (Wildman–Crippen MR) is 133 cm³/mol. The van der Waals surface area contributed by atoms with E-state index < -0.39 is 29.1 Å². The smallest absolute Gasteiger partial charge is 0.241 e. The number of para-hydroxylation sites is 1. The lowest BCUT2D eigenvalue weighted by atomic mass is 9.51. The van der Waals surface area contributed by atoms with E-state index in [1.54, 1.807) is 36.4 Å². The summed E-state index contributed by atoms with van der Waals surface area (Å²) in [5.41, 5.74) is 1.01. The molecule has 37 heavy (non-hydrogen) atoms. The monoisotopic (exact) mass is 500 g/mol. The van der Waals surface area contributed by atoms with Crippen molar-refractivity contribution in [2.75, 3.05) is 11.5 Å². The third-order valence-corrected chi connectivity index (χ3v) is 8.75. The van der Waals surface area contributed by atoms with E-state index in [2.05, 4.69) is 5.32 Å². The fourth-order valence-corrected chi connectivity index (χ4v) is 7.11. The van der Waals surface area contributed by atoms with Gasteiger partial charge in [-0.2, -0.15) is 0 Å². The molecular formula is C29H28N2O6. The fourth-order valence-electron chi connectivity index (χ4n) is 7.11. The minimum atomic E-state index is -1.12. The Hall–Kier alpha value is -3.94. The van der Waals surface area contributed by atoms with Crippen LogP contribution in [0, 0.1) is 29.1 Å². The van der Waals surface area contributed by atoms with Crippen molar-refractivity contribution < 1.29 is 29.0 Å². The lowest BCUT2D eigenvalue weighted by molar-refractivity contribution is -0.131. The van der Waals surface area contributed by atoms with Crippen molar-refractivity contribution in [2.24, 2.45) is 29.1 Å². The number of nitrogens with zero attached hydrogens (tertiary/aromatic N) is 1. The number of hydrogen-bond acceptors (Lipinski definition) is 6. The molecule has 2 aromatic carbocycles. The number of allylic oxidation sites excluding steroid dienone is 2. The van der Waals surface area contributed by atoms with Crippen LogP contribution in [-0.2, 0) is 19.2 Å². The molecule has 6 atom stereocenters. The average molecular weight is 501 g/mol. The van der Waals surface area contributed by atoms with E-state index in [-0.39, 0.29) is 35.3 Å². The average Bonchev–Trinajstić information content (AvgIpc) is 3.28. The summed E-state index contributed by atoms with van der Waals surface area (Å²) in [4.78, 5) is 54.9. The molecule has 190 valence electrons. The molecule has 0 aromatic heterocycles. The minimum Gasteiger partial charge on any atom is -0.504 e. The molecule has 6 rings (SSSR count). The Morgan fingerprint density at radius 1 is 1.05 bits per heavy atom. The van der Waals surface area contributed by atoms with Crippen LogP contribution < -0.4 is 15.0 Å². The van der Waals surface area contributed by atoms with Gasteiger partial charge in [0.05, 0.1) is 35.5 Å². The number of benzene rings is 2. The summed E-state index contributed by atoms with van der Waals surface area (Å²) in [5, 5.41) is 12.8. The van der Waals surface area contributed by atoms with Crippen LogP contribution in [0.4, 0.5) is 5.69 Å². The number of rotatable bonds is 4. The number of phenols is 1. The second kappa shape index (κ2) is 8.30. The Morgan fingerprint density at radius 3 is 2.54 bits per heavy atom. The van der Waals surface area contributed by atoms with Crippen molar-refractivity contribution in [3.05, 3.63) is 65.7 Å². The summed E-state index contributed by atoms with van der Waals surface area (Å²) < 4.78 is 5.65. The van der Waals surface area contributed by atoms with E-state index in [1.165, 1.54) is 11.0 Å². The number of carbonyl (C=O) groups is 4. The molecule has 0 bridgehead atoms. The first kappa shape index (κ1) is 23.5. The van der Waals surface area contributed by atoms with Crippen LogP contribution in [0.1, 0.15) is 38.2 Å². The highest BCUT2D eigenvalue weighted by Crippen LogP contribution is 2.63. The van der Waals surface area contributed by atoms with Gasteiger partial charge in [0.25, 0.3) is 0 Å². The summed E-state index contributed by atoms with van der Waals surface area (Å²) in [6.07, 6.45) is 2.70. The molecule has 2 aliphatic carbocycles. The van der Waals surface area contributed by atoms with Gasteiger partial charge in [0.1, 0.15) is 0 Å². The number of fused-ring (bicyclic) bond motifs is 4. The molecule has 2 aliphatic heterocycles. The maximum atomic E-state index is 14.2. The van der Waals surface area contributed by atoms with Crippen molar-refractivity contribution >= 4 is 29.3 Å². The molecule has 2 N–H and O–H groups in total. The van der Waals surface area contributed by atoms with Crippen LogP contribution in [0.5, 0.6) is 11.5 Å². The second-order valence-corrected chi connectivity index (χ2v) is 10.5. The molecule has 6 unspecified atom stereocenters. The first-order chi connectivity index (χ1) is 17.8. The van der Waals surface area contributed by atoms with Crippen LogP contribution in [0.25, 0.3) is 0 Å². The zero-order valence-corrected chi connectivity index (χ0v) is 20.6. The van der Waals surface area contributed by atoms with Crippen LogP contribution >= 0.6 is 0 Å². The number of aromatic hydroxyl groups is 1. The summed E-state index contributed by atoms with van der Waals surface area (Å²) in [6, 6.07) is 13.9. The molecular weight excluding hydrogens is 472 g/mol. The molecule has 2 saturated heterocycles. The second-order valence-electron chi connectivity index (χ2n) is 10.5. The van der Waals surface area contributed by atoms with Gasteiger partial charge in [0.15, 0.2) is 11.5 Å². The lowest BCUT2D eigenvalue weighted by Crippen LogP contribution is -2.48. The maximum Gasteiger partial charge on any atom is 0.241 e. The largest absolute Gasteiger partial charge is 0.504 e. The highest BCUT2D eigenvalue weighted by Gasteiger charge is 2.67. The van der Waals surface area contributed by atoms with Gasteiger partial charge in [-0.25, -0.2) is 4.90 Å². The Bertz CT molecular complexity index is 1370. The summed E-state index contributed by atoms with van der Waals surface area (Å²) in [6.45, 7) is 4.00. The Morgan fingerprint density at radius 2 is 1.81 bits per heavy atom. The topological polar surface area (TPSA) is 113 Å². The Kier molecular flexibility index (Phi) is 5.26. The van der Waals surface area contributed by atoms with Gasteiger partial charge in [-0.15, -0.1) is 0 Å². The molecule has 8 heteroatoms. The summed E-state index contributed by atoms with van der Waals surface area (Å²) in [5.74, 6) is -3.52. The van der Waals surface area contributed by atoms with Crippen molar-refractivity contribution in [1.82, 2.24) is 5.32 Å². The van der Waals surface area contributed by atoms with E-state index in [0.29, 0.717) is 30.9 Å². The van der Waals surface area contributed by atoms with Gasteiger partial charge < -0.3 is 9.84 Å². The molecule has 0 spiro atoms. The normalized spacial score (nSPS) is 32.4. The number of imide groups is 2. The summed E-state index contributed by atoms with van der Waals surface area (Å²) >= 11 is 0. The third-order valence-electron chi connectivity index (χ3n) is 8.75. The maximum absolute atomic E-state index is 14.2. The fraction of sp³-hybridized carbons (Fsp3) is 0.379. The highest BCUT2D eigenvalue weighted by atomic mass is 16.5. The van der Waals surface area contributed by atoms with Gasteiger partial charge >= 0.3 is 0 Å². The highest BCUT2D eigenvalue weighted by molar-refractivity contribution is 6.24. The first-order valence-corrected chi connectivity index (χ1v) is 12.7. The number of amides is 4. The SMILES string of the molecule is CCOc1cc(C2C3=CCC4C(=O)NC(=O)C4C3CC3C(=O)N(c4ccccc4)C(=O)C32C)ccc1O. The van der Waals surface area contributed by atoms with Crippen LogP contribution in [0.3, 0.4) is 0 Å². The van der Waals surface area contributed by atoms with Gasteiger partial charge in [-0.3, -0.25) is 24.5 Å². The van der Waals surface area contributed by atoms with Crippen LogP contribution in [0.15, 0.2) is 60.2 Å². The van der Waals surface area contributed by atoms with Gasteiger partial charge in [0.2, 0.25) is 23.6 Å². The van der Waals surface area contributed by atoms with E-state index in [9.17, 15) is 24.3 Å². The zero-order valence-electron chi connectivity index (χ0n) is 20.6. The third kappa shape index (κ3) is 3.21. The Balaban J connectivity index is 1.54. The molecule has 1 saturated carbocycles. The molecule has 3 fully saturated rings. The number of nitrogens with one attached hydrogen (secondary N) is 1. The molecule has 0 radical (unpaired) electrons. The standard InChI is InChI=1S/C29H28N2O6/c1-3-37-22-13-15(9-12-21(22)32)24-17-10-11-18-23(26(34)30-25(18)33)19(17)14-20-27(35)31(28(36)29(20,24)2)16-7-5-4-6-8-16/h4-10,12-13,18-20,23-24,32H,3,11,14H2,1-2H3,(H,30,33,34). The predicted octanol–water partition coefficient (Wildman–Crippen LogP) is 3.31.